The lowest BCUT2D eigenvalue weighted by Gasteiger charge is -2.25. The highest BCUT2D eigenvalue weighted by Gasteiger charge is 2.15. The third kappa shape index (κ3) is 3.24. The van der Waals surface area contributed by atoms with Gasteiger partial charge in [-0.05, 0) is 74.2 Å². The zero-order valence-electron chi connectivity index (χ0n) is 13.4. The van der Waals surface area contributed by atoms with E-state index in [1.807, 2.05) is 20.0 Å². The average molecular weight is 286 g/mol. The number of nitrogens with zero attached hydrogens (tertiary/aromatic N) is 1. The third-order valence-corrected chi connectivity index (χ3v) is 3.75. The Morgan fingerprint density at radius 3 is 2.10 bits per heavy atom. The van der Waals surface area contributed by atoms with E-state index in [0.717, 1.165) is 16.9 Å². The molecule has 2 aromatic rings. The summed E-state index contributed by atoms with van der Waals surface area (Å²) in [6.45, 7) is 7.81. The van der Waals surface area contributed by atoms with Crippen LogP contribution in [0, 0.1) is 26.6 Å². The fourth-order valence-electron chi connectivity index (χ4n) is 2.62. The van der Waals surface area contributed by atoms with Gasteiger partial charge in [-0.15, -0.1) is 0 Å². The predicted molar refractivity (Wildman–Crippen MR) is 87.7 cm³/mol. The summed E-state index contributed by atoms with van der Waals surface area (Å²) in [5.74, 6) is -0.208. The molecule has 0 unspecified atom stereocenters. The highest BCUT2D eigenvalue weighted by atomic mass is 19.1. The largest absolute Gasteiger partial charge is 0.344 e. The zero-order valence-corrected chi connectivity index (χ0v) is 13.4. The maximum absolute atomic E-state index is 13.8. The average Bonchev–Trinajstić information content (AvgIpc) is 2.39. The van der Waals surface area contributed by atoms with E-state index >= 15 is 0 Å². The summed E-state index contributed by atoms with van der Waals surface area (Å²) >= 11 is 0. The van der Waals surface area contributed by atoms with Crippen molar-refractivity contribution in [3.63, 3.8) is 0 Å². The van der Waals surface area contributed by atoms with Crippen LogP contribution in [0.25, 0.3) is 0 Å². The van der Waals surface area contributed by atoms with Crippen LogP contribution in [0.4, 0.5) is 15.8 Å². The molecule has 0 bridgehead atoms. The predicted octanol–water partition coefficient (Wildman–Crippen LogP) is 4.54. The Morgan fingerprint density at radius 1 is 1.00 bits per heavy atom. The first-order valence-electron chi connectivity index (χ1n) is 7.17. The van der Waals surface area contributed by atoms with Gasteiger partial charge in [0.25, 0.3) is 0 Å². The number of hydrogen-bond acceptors (Lipinski definition) is 2. The fourth-order valence-corrected chi connectivity index (χ4v) is 2.62. The third-order valence-electron chi connectivity index (χ3n) is 3.75. The number of aryl methyl sites for hydroxylation is 3. The van der Waals surface area contributed by atoms with Gasteiger partial charge in [0.2, 0.25) is 0 Å². The van der Waals surface area contributed by atoms with Crippen molar-refractivity contribution in [1.82, 2.24) is 0 Å². The fraction of sp³-hybridized carbons (Fsp3) is 0.333. The van der Waals surface area contributed by atoms with Crippen LogP contribution in [0.15, 0.2) is 30.3 Å². The molecule has 0 radical (unpaired) electrons. The first-order valence-corrected chi connectivity index (χ1v) is 7.17. The van der Waals surface area contributed by atoms with E-state index in [0.29, 0.717) is 5.56 Å². The number of nitrogens with two attached hydrogens (primary N) is 1. The van der Waals surface area contributed by atoms with Crippen molar-refractivity contribution in [1.29, 1.82) is 0 Å². The Hall–Kier alpha value is -1.87. The molecule has 2 nitrogen and oxygen atoms in total. The van der Waals surface area contributed by atoms with Crippen molar-refractivity contribution in [3.8, 4) is 0 Å². The monoisotopic (exact) mass is 286 g/mol. The van der Waals surface area contributed by atoms with Crippen LogP contribution in [-0.4, -0.2) is 7.05 Å². The molecule has 0 saturated carbocycles. The second-order valence-corrected chi connectivity index (χ2v) is 5.85. The van der Waals surface area contributed by atoms with E-state index in [1.165, 1.54) is 11.1 Å². The molecule has 0 spiro atoms. The van der Waals surface area contributed by atoms with Crippen LogP contribution in [0.3, 0.4) is 0 Å². The summed E-state index contributed by atoms with van der Waals surface area (Å²) in [5, 5.41) is 0. The molecule has 1 atom stereocenters. The first kappa shape index (κ1) is 15.5. The lowest BCUT2D eigenvalue weighted by Crippen LogP contribution is -2.16. The lowest BCUT2D eigenvalue weighted by atomic mass is 10.0. The molecule has 0 heterocycles. The second kappa shape index (κ2) is 5.86. The van der Waals surface area contributed by atoms with Crippen LogP contribution in [-0.2, 0) is 0 Å². The van der Waals surface area contributed by atoms with Crippen molar-refractivity contribution < 1.29 is 4.39 Å². The quantitative estimate of drug-likeness (QED) is 0.897. The summed E-state index contributed by atoms with van der Waals surface area (Å²) in [6, 6.07) is 9.58. The van der Waals surface area contributed by atoms with Gasteiger partial charge in [0, 0.05) is 24.5 Å². The minimum Gasteiger partial charge on any atom is -0.344 e. The lowest BCUT2D eigenvalue weighted by molar-refractivity contribution is 0.613. The SMILES string of the molecule is Cc1cc(C)cc(N(C)c2cc(C)c(F)cc2[C@@H](C)N)c1. The van der Waals surface area contributed by atoms with Gasteiger partial charge < -0.3 is 10.6 Å². The van der Waals surface area contributed by atoms with E-state index in [4.69, 9.17) is 5.73 Å². The maximum atomic E-state index is 13.8. The standard InChI is InChI=1S/C18H23FN2/c1-11-6-12(2)8-15(7-11)21(5)18-9-13(3)17(19)10-16(18)14(4)20/h6-10,14H,20H2,1-5H3/t14-/m1/s1. The molecule has 3 heteroatoms. The minimum absolute atomic E-state index is 0.208. The molecule has 2 aromatic carbocycles. The topological polar surface area (TPSA) is 29.3 Å². The summed E-state index contributed by atoms with van der Waals surface area (Å²) < 4.78 is 13.8. The number of benzene rings is 2. The van der Waals surface area contributed by atoms with Gasteiger partial charge in [0.05, 0.1) is 0 Å². The van der Waals surface area contributed by atoms with E-state index < -0.39 is 0 Å². The molecule has 21 heavy (non-hydrogen) atoms. The Kier molecular flexibility index (Phi) is 4.33. The molecule has 0 amide bonds. The van der Waals surface area contributed by atoms with Crippen molar-refractivity contribution >= 4 is 11.4 Å². The van der Waals surface area contributed by atoms with Gasteiger partial charge >= 0.3 is 0 Å². The summed E-state index contributed by atoms with van der Waals surface area (Å²) in [7, 11) is 1.99. The van der Waals surface area contributed by atoms with Crippen molar-refractivity contribution in [2.24, 2.45) is 5.73 Å². The highest BCUT2D eigenvalue weighted by molar-refractivity contribution is 5.68. The highest BCUT2D eigenvalue weighted by Crippen LogP contribution is 2.33. The molecule has 0 saturated heterocycles. The molecule has 0 aromatic heterocycles. The maximum Gasteiger partial charge on any atom is 0.126 e. The molecular formula is C18H23FN2. The van der Waals surface area contributed by atoms with Crippen molar-refractivity contribution in [3.05, 3.63) is 58.4 Å². The van der Waals surface area contributed by atoms with Gasteiger partial charge in [-0.2, -0.15) is 0 Å². The van der Waals surface area contributed by atoms with Gasteiger partial charge in [-0.3, -0.25) is 0 Å². The number of halogens is 1. The molecule has 0 aliphatic rings. The molecule has 2 N–H and O–H groups in total. The van der Waals surface area contributed by atoms with Crippen LogP contribution < -0.4 is 10.6 Å². The first-order chi connectivity index (χ1) is 9.79. The Balaban J connectivity index is 2.56. The summed E-state index contributed by atoms with van der Waals surface area (Å²) in [6.07, 6.45) is 0. The summed E-state index contributed by atoms with van der Waals surface area (Å²) in [5.41, 5.74) is 11.9. The Morgan fingerprint density at radius 2 is 1.57 bits per heavy atom. The normalized spacial score (nSPS) is 12.3. The number of hydrogen-bond donors (Lipinski definition) is 1. The van der Waals surface area contributed by atoms with Gasteiger partial charge in [0.1, 0.15) is 5.82 Å². The molecule has 0 aliphatic carbocycles. The van der Waals surface area contributed by atoms with Crippen LogP contribution in [0.2, 0.25) is 0 Å². The smallest absolute Gasteiger partial charge is 0.126 e. The van der Waals surface area contributed by atoms with Crippen molar-refractivity contribution in [2.45, 2.75) is 33.7 Å². The van der Waals surface area contributed by atoms with Crippen LogP contribution >= 0.6 is 0 Å². The second-order valence-electron chi connectivity index (χ2n) is 5.85. The Bertz CT molecular complexity index is 642. The zero-order chi connectivity index (χ0) is 15.7. The van der Waals surface area contributed by atoms with Crippen LogP contribution in [0.5, 0.6) is 0 Å². The summed E-state index contributed by atoms with van der Waals surface area (Å²) in [4.78, 5) is 2.07. The van der Waals surface area contributed by atoms with E-state index in [9.17, 15) is 4.39 Å². The van der Waals surface area contributed by atoms with Crippen molar-refractivity contribution in [2.75, 3.05) is 11.9 Å². The Labute approximate surface area is 126 Å². The van der Waals surface area contributed by atoms with E-state index in [1.54, 1.807) is 13.0 Å². The molecule has 0 fully saturated rings. The van der Waals surface area contributed by atoms with E-state index in [2.05, 4.69) is 36.9 Å². The molecule has 2 rings (SSSR count). The molecular weight excluding hydrogens is 263 g/mol. The van der Waals surface area contributed by atoms with Crippen LogP contribution in [0.1, 0.15) is 35.2 Å². The van der Waals surface area contributed by atoms with E-state index in [-0.39, 0.29) is 11.9 Å². The van der Waals surface area contributed by atoms with Gasteiger partial charge in [-0.25, -0.2) is 4.39 Å². The minimum atomic E-state index is -0.219. The number of anilines is 2. The van der Waals surface area contributed by atoms with Gasteiger partial charge in [-0.1, -0.05) is 6.07 Å². The number of rotatable bonds is 3. The van der Waals surface area contributed by atoms with Gasteiger partial charge in [0.15, 0.2) is 0 Å². The molecule has 112 valence electrons. The molecule has 0 aliphatic heterocycles.